The number of halogens is 2. The van der Waals surface area contributed by atoms with Gasteiger partial charge < -0.3 is 10.0 Å². The molecule has 0 aliphatic rings. The summed E-state index contributed by atoms with van der Waals surface area (Å²) >= 11 is 0. The maximum atomic E-state index is 13.3. The fourth-order valence-electron chi connectivity index (χ4n) is 2.47. The zero-order chi connectivity index (χ0) is 19.5. The fourth-order valence-corrected chi connectivity index (χ4v) is 3.53. The number of hydrogen-bond donors (Lipinski definition) is 2. The van der Waals surface area contributed by atoms with Crippen LogP contribution in [-0.2, 0) is 10.0 Å². The predicted octanol–water partition coefficient (Wildman–Crippen LogP) is 3.31. The van der Waals surface area contributed by atoms with E-state index in [4.69, 9.17) is 0 Å². The second-order valence-corrected chi connectivity index (χ2v) is 7.07. The summed E-state index contributed by atoms with van der Waals surface area (Å²) in [5, 5.41) is 9.42. The molecule has 0 spiro atoms. The molecule has 0 radical (unpaired) electrons. The molecule has 0 saturated carbocycles. The number of carboxylic acids is 1. The zero-order valence-electron chi connectivity index (χ0n) is 14.2. The van der Waals surface area contributed by atoms with Crippen LogP contribution in [0.3, 0.4) is 0 Å². The van der Waals surface area contributed by atoms with Crippen molar-refractivity contribution in [3.63, 3.8) is 0 Å². The van der Waals surface area contributed by atoms with E-state index in [2.05, 4.69) is 4.72 Å². The molecule has 6 nitrogen and oxygen atoms in total. The SMILES string of the molecule is CCN(CC)c1ccc(NS(=O)(=O)c2ccc(F)c(F)c2)cc1C(=O)O. The summed E-state index contributed by atoms with van der Waals surface area (Å²) in [4.78, 5) is 12.9. The number of carboxylic acid groups (broad SMARTS) is 1. The number of nitrogens with one attached hydrogen (secondary N) is 1. The molecule has 26 heavy (non-hydrogen) atoms. The quantitative estimate of drug-likeness (QED) is 0.765. The first-order valence-corrected chi connectivity index (χ1v) is 9.28. The average molecular weight is 384 g/mol. The zero-order valence-corrected chi connectivity index (χ0v) is 15.0. The van der Waals surface area contributed by atoms with Crippen LogP contribution in [0.2, 0.25) is 0 Å². The number of rotatable bonds is 7. The number of aromatic carboxylic acids is 1. The van der Waals surface area contributed by atoms with E-state index in [0.717, 1.165) is 6.07 Å². The Bertz CT molecular complexity index is 928. The Balaban J connectivity index is 2.41. The molecule has 2 aromatic carbocycles. The van der Waals surface area contributed by atoms with Gasteiger partial charge in [0.1, 0.15) is 0 Å². The molecular formula is C17H18F2N2O4S. The molecular weight excluding hydrogens is 366 g/mol. The molecule has 2 aromatic rings. The van der Waals surface area contributed by atoms with Crippen LogP contribution in [0.4, 0.5) is 20.2 Å². The average Bonchev–Trinajstić information content (AvgIpc) is 2.58. The van der Waals surface area contributed by atoms with Gasteiger partial charge in [0.15, 0.2) is 11.6 Å². The number of hydrogen-bond acceptors (Lipinski definition) is 4. The molecule has 0 aliphatic carbocycles. The summed E-state index contributed by atoms with van der Waals surface area (Å²) < 4.78 is 53.1. The first-order valence-electron chi connectivity index (χ1n) is 7.79. The topological polar surface area (TPSA) is 86.7 Å². The monoisotopic (exact) mass is 384 g/mol. The third-order valence-electron chi connectivity index (χ3n) is 3.78. The summed E-state index contributed by atoms with van der Waals surface area (Å²) in [6, 6.07) is 6.28. The lowest BCUT2D eigenvalue weighted by Crippen LogP contribution is -2.24. The molecule has 0 saturated heterocycles. The fraction of sp³-hybridized carbons (Fsp3) is 0.235. The Morgan fingerprint density at radius 3 is 2.27 bits per heavy atom. The molecule has 0 atom stereocenters. The van der Waals surface area contributed by atoms with Crippen molar-refractivity contribution in [1.29, 1.82) is 0 Å². The van der Waals surface area contributed by atoms with E-state index in [1.807, 2.05) is 18.7 Å². The second kappa shape index (κ2) is 7.69. The summed E-state index contributed by atoms with van der Waals surface area (Å²) in [7, 11) is -4.20. The first-order chi connectivity index (χ1) is 12.2. The van der Waals surface area contributed by atoms with Crippen molar-refractivity contribution in [3.05, 3.63) is 53.6 Å². The number of carbonyl (C=O) groups is 1. The highest BCUT2D eigenvalue weighted by Crippen LogP contribution is 2.26. The lowest BCUT2D eigenvalue weighted by atomic mass is 10.1. The van der Waals surface area contributed by atoms with Gasteiger partial charge in [0, 0.05) is 18.8 Å². The Labute approximate surface area is 150 Å². The minimum absolute atomic E-state index is 0.00281. The van der Waals surface area contributed by atoms with Crippen LogP contribution in [0.1, 0.15) is 24.2 Å². The van der Waals surface area contributed by atoms with Crippen LogP contribution in [0.5, 0.6) is 0 Å². The van der Waals surface area contributed by atoms with Gasteiger partial charge in [0.05, 0.1) is 16.1 Å². The van der Waals surface area contributed by atoms with Crippen molar-refractivity contribution in [2.45, 2.75) is 18.7 Å². The minimum atomic E-state index is -4.20. The normalized spacial score (nSPS) is 11.2. The maximum Gasteiger partial charge on any atom is 0.337 e. The molecule has 0 heterocycles. The highest BCUT2D eigenvalue weighted by Gasteiger charge is 2.20. The van der Waals surface area contributed by atoms with Crippen molar-refractivity contribution in [1.82, 2.24) is 0 Å². The first kappa shape index (κ1) is 19.6. The third-order valence-corrected chi connectivity index (χ3v) is 5.16. The molecule has 0 fully saturated rings. The molecule has 2 N–H and O–H groups in total. The van der Waals surface area contributed by atoms with E-state index in [-0.39, 0.29) is 11.3 Å². The van der Waals surface area contributed by atoms with Gasteiger partial charge in [-0.3, -0.25) is 4.72 Å². The standard InChI is InChI=1S/C17H18F2N2O4S/c1-3-21(4-2)16-8-5-11(9-13(16)17(22)23)20-26(24,25)12-6-7-14(18)15(19)10-12/h5-10,20H,3-4H2,1-2H3,(H,22,23). The van der Waals surface area contributed by atoms with Crippen LogP contribution in [0, 0.1) is 11.6 Å². The minimum Gasteiger partial charge on any atom is -0.478 e. The highest BCUT2D eigenvalue weighted by atomic mass is 32.2. The van der Waals surface area contributed by atoms with Crippen LogP contribution in [0.25, 0.3) is 0 Å². The second-order valence-electron chi connectivity index (χ2n) is 5.39. The smallest absolute Gasteiger partial charge is 0.337 e. The molecule has 2 rings (SSSR count). The number of anilines is 2. The molecule has 140 valence electrons. The van der Waals surface area contributed by atoms with Crippen LogP contribution >= 0.6 is 0 Å². The van der Waals surface area contributed by atoms with Gasteiger partial charge in [-0.2, -0.15) is 0 Å². The van der Waals surface area contributed by atoms with E-state index >= 15 is 0 Å². The van der Waals surface area contributed by atoms with Crippen molar-refractivity contribution >= 4 is 27.4 Å². The molecule has 0 amide bonds. The summed E-state index contributed by atoms with van der Waals surface area (Å²) in [5.41, 5.74) is 0.389. The van der Waals surface area contributed by atoms with Gasteiger partial charge in [0.2, 0.25) is 0 Å². The largest absolute Gasteiger partial charge is 0.478 e. The van der Waals surface area contributed by atoms with Crippen molar-refractivity contribution in [3.8, 4) is 0 Å². The predicted molar refractivity (Wildman–Crippen MR) is 94.1 cm³/mol. The van der Waals surface area contributed by atoms with Crippen molar-refractivity contribution in [2.75, 3.05) is 22.7 Å². The van der Waals surface area contributed by atoms with Gasteiger partial charge >= 0.3 is 5.97 Å². The van der Waals surface area contributed by atoms with Crippen molar-refractivity contribution in [2.24, 2.45) is 0 Å². The van der Waals surface area contributed by atoms with E-state index in [1.54, 1.807) is 0 Å². The van der Waals surface area contributed by atoms with E-state index in [1.165, 1.54) is 18.2 Å². The Morgan fingerprint density at radius 2 is 1.73 bits per heavy atom. The Kier molecular flexibility index (Phi) is 5.81. The van der Waals surface area contributed by atoms with E-state index < -0.39 is 32.5 Å². The van der Waals surface area contributed by atoms with Gasteiger partial charge in [-0.1, -0.05) is 0 Å². The molecule has 0 aliphatic heterocycles. The molecule has 9 heteroatoms. The van der Waals surface area contributed by atoms with Crippen molar-refractivity contribution < 1.29 is 27.1 Å². The Hall–Kier alpha value is -2.68. The van der Waals surface area contributed by atoms with Gasteiger partial charge in [-0.05, 0) is 50.2 Å². The molecule has 0 bridgehead atoms. The van der Waals surface area contributed by atoms with E-state index in [0.29, 0.717) is 30.9 Å². The Morgan fingerprint density at radius 1 is 1.08 bits per heavy atom. The summed E-state index contributed by atoms with van der Waals surface area (Å²) in [6.45, 7) is 4.90. The van der Waals surface area contributed by atoms with E-state index in [9.17, 15) is 27.1 Å². The van der Waals surface area contributed by atoms with Gasteiger partial charge in [0.25, 0.3) is 10.0 Å². The summed E-state index contributed by atoms with van der Waals surface area (Å²) in [6.07, 6.45) is 0. The highest BCUT2D eigenvalue weighted by molar-refractivity contribution is 7.92. The third kappa shape index (κ3) is 4.10. The lowest BCUT2D eigenvalue weighted by molar-refractivity contribution is 0.0697. The number of sulfonamides is 1. The number of benzene rings is 2. The summed E-state index contributed by atoms with van der Waals surface area (Å²) in [5.74, 6) is -3.67. The molecule has 0 aromatic heterocycles. The molecule has 0 unspecified atom stereocenters. The van der Waals surface area contributed by atoms with Crippen LogP contribution in [-0.4, -0.2) is 32.6 Å². The van der Waals surface area contributed by atoms with Crippen LogP contribution < -0.4 is 9.62 Å². The van der Waals surface area contributed by atoms with Gasteiger partial charge in [-0.25, -0.2) is 22.0 Å². The lowest BCUT2D eigenvalue weighted by Gasteiger charge is -2.23. The number of nitrogens with zero attached hydrogens (tertiary/aromatic N) is 1. The maximum absolute atomic E-state index is 13.3. The van der Waals surface area contributed by atoms with Crippen LogP contribution in [0.15, 0.2) is 41.3 Å². The van der Waals surface area contributed by atoms with Gasteiger partial charge in [-0.15, -0.1) is 0 Å².